The molecule has 2 amide bonds. The molecular weight excluding hydrogens is 576 g/mol. The summed E-state index contributed by atoms with van der Waals surface area (Å²) < 4.78 is 34.9. The molecule has 2 unspecified atom stereocenters. The van der Waals surface area contributed by atoms with Crippen molar-refractivity contribution in [1.82, 2.24) is 10.2 Å². The lowest BCUT2D eigenvalue weighted by molar-refractivity contribution is -0.336. The fourth-order valence-corrected chi connectivity index (χ4v) is 5.70. The van der Waals surface area contributed by atoms with Crippen LogP contribution in [-0.4, -0.2) is 162 Å². The molecule has 0 aromatic carbocycles. The number of rotatable bonds is 11. The number of aliphatic hydroxyl groups is 6. The first-order chi connectivity index (χ1) is 20.3. The molecule has 2 aliphatic heterocycles. The molecule has 250 valence electrons. The van der Waals surface area contributed by atoms with E-state index in [2.05, 4.69) is 5.32 Å². The molecule has 3 rings (SSSR count). The predicted octanol–water partition coefficient (Wildman–Crippen LogP) is -2.57. The summed E-state index contributed by atoms with van der Waals surface area (Å²) in [6, 6.07) is -1.26. The fourth-order valence-electron chi connectivity index (χ4n) is 5.70. The van der Waals surface area contributed by atoms with Gasteiger partial charge in [0.2, 0.25) is 0 Å². The standard InChI is InChI=1S/C27H48N2O14/c1-12-7-6-8-14(22(12)43-26-21(35)20(34)18(32)13(2)39-26)41-25-17(28-27(37)38-5)23(19(33)16(11-31)42-25)40-15(9-10-30)24(36)29(3)4/h12-23,25-26,30-35H,6-11H2,1-5H3,(H,28,37)/t12-,13-,14+,15?,16+,17?,18+,19-,20+,21-,22+,23+,25+,26-/m0/s1. The van der Waals surface area contributed by atoms with Crippen LogP contribution in [0.4, 0.5) is 4.79 Å². The summed E-state index contributed by atoms with van der Waals surface area (Å²) in [7, 11) is 4.14. The van der Waals surface area contributed by atoms with Crippen LogP contribution < -0.4 is 5.32 Å². The number of carbonyl (C=O) groups excluding carboxylic acids is 2. The van der Waals surface area contributed by atoms with E-state index >= 15 is 0 Å². The maximum absolute atomic E-state index is 12.8. The predicted molar refractivity (Wildman–Crippen MR) is 145 cm³/mol. The summed E-state index contributed by atoms with van der Waals surface area (Å²) >= 11 is 0. The number of amides is 2. The Morgan fingerprint density at radius 3 is 2.23 bits per heavy atom. The topological polar surface area (TPSA) is 226 Å². The number of likely N-dealkylation sites (N-methyl/N-ethyl adjacent to an activating group) is 1. The third-order valence-electron chi connectivity index (χ3n) is 8.24. The van der Waals surface area contributed by atoms with Gasteiger partial charge in [-0.3, -0.25) is 4.79 Å². The van der Waals surface area contributed by atoms with Crippen LogP contribution in [0.2, 0.25) is 0 Å². The maximum Gasteiger partial charge on any atom is 0.407 e. The number of alkyl carbamates (subject to hydrolysis) is 1. The van der Waals surface area contributed by atoms with Crippen molar-refractivity contribution in [2.75, 3.05) is 34.4 Å². The minimum absolute atomic E-state index is 0.111. The number of ether oxygens (including phenoxy) is 6. The third kappa shape index (κ3) is 8.52. The molecule has 14 atom stereocenters. The van der Waals surface area contributed by atoms with Gasteiger partial charge >= 0.3 is 6.09 Å². The van der Waals surface area contributed by atoms with Crippen LogP contribution >= 0.6 is 0 Å². The minimum atomic E-state index is -1.54. The van der Waals surface area contributed by atoms with E-state index in [9.17, 15) is 40.2 Å². The van der Waals surface area contributed by atoms with Gasteiger partial charge in [-0.1, -0.05) is 13.3 Å². The Kier molecular flexibility index (Phi) is 13.3. The molecule has 1 saturated carbocycles. The SMILES string of the molecule is COC(=O)NC1[C@H](O[C@@H]2CCC[C@H](C)[C@H]2O[C@@H]2O[C@@H](C)[C@@H](O)[C@@H](O)[C@@H]2O)O[C@H](CO)[C@H](O)[C@@H]1OC(CCO)C(=O)N(C)C. The van der Waals surface area contributed by atoms with Crippen molar-refractivity contribution in [2.45, 2.75) is 119 Å². The van der Waals surface area contributed by atoms with E-state index < -0.39 is 105 Å². The molecule has 2 heterocycles. The molecule has 0 bridgehead atoms. The number of hydrogen-bond acceptors (Lipinski definition) is 14. The van der Waals surface area contributed by atoms with E-state index in [-0.39, 0.29) is 12.3 Å². The van der Waals surface area contributed by atoms with E-state index in [1.807, 2.05) is 6.92 Å². The number of aliphatic hydroxyl groups excluding tert-OH is 6. The Morgan fingerprint density at radius 1 is 0.930 bits per heavy atom. The average Bonchev–Trinajstić information content (AvgIpc) is 2.98. The second kappa shape index (κ2) is 16.0. The zero-order valence-corrected chi connectivity index (χ0v) is 25.2. The molecule has 0 aromatic heterocycles. The van der Waals surface area contributed by atoms with E-state index in [0.29, 0.717) is 6.42 Å². The molecule has 3 aliphatic rings. The molecule has 7 N–H and O–H groups in total. The Labute approximate surface area is 250 Å². The third-order valence-corrected chi connectivity index (χ3v) is 8.24. The first kappa shape index (κ1) is 35.8. The van der Waals surface area contributed by atoms with Crippen LogP contribution in [0.25, 0.3) is 0 Å². The van der Waals surface area contributed by atoms with E-state index in [1.165, 1.54) is 19.0 Å². The second-order valence-corrected chi connectivity index (χ2v) is 11.6. The first-order valence-corrected chi connectivity index (χ1v) is 14.6. The largest absolute Gasteiger partial charge is 0.453 e. The maximum atomic E-state index is 12.8. The normalized spacial score (nSPS) is 40.9. The lowest BCUT2D eigenvalue weighted by atomic mass is 9.85. The molecular formula is C27H48N2O14. The molecule has 43 heavy (non-hydrogen) atoms. The second-order valence-electron chi connectivity index (χ2n) is 11.6. The van der Waals surface area contributed by atoms with Crippen molar-refractivity contribution in [3.05, 3.63) is 0 Å². The highest BCUT2D eigenvalue weighted by atomic mass is 16.7. The van der Waals surface area contributed by atoms with Crippen LogP contribution in [0.3, 0.4) is 0 Å². The molecule has 1 aliphatic carbocycles. The minimum Gasteiger partial charge on any atom is -0.453 e. The van der Waals surface area contributed by atoms with E-state index in [4.69, 9.17) is 28.4 Å². The zero-order chi connectivity index (χ0) is 32.0. The molecule has 2 saturated heterocycles. The number of nitrogens with zero attached hydrogens (tertiary/aromatic N) is 1. The van der Waals surface area contributed by atoms with Crippen LogP contribution in [0.5, 0.6) is 0 Å². The highest BCUT2D eigenvalue weighted by molar-refractivity contribution is 5.80. The summed E-state index contributed by atoms with van der Waals surface area (Å²) in [5.74, 6) is -0.618. The number of carbonyl (C=O) groups is 2. The van der Waals surface area contributed by atoms with Gasteiger partial charge in [-0.15, -0.1) is 0 Å². The van der Waals surface area contributed by atoms with E-state index in [0.717, 1.165) is 20.0 Å². The Hall–Kier alpha value is -1.70. The fraction of sp³-hybridized carbons (Fsp3) is 0.926. The van der Waals surface area contributed by atoms with E-state index in [1.54, 1.807) is 6.92 Å². The molecule has 16 heteroatoms. The van der Waals surface area contributed by atoms with Gasteiger partial charge in [0, 0.05) is 27.1 Å². The van der Waals surface area contributed by atoms with Crippen molar-refractivity contribution in [3.8, 4) is 0 Å². The van der Waals surface area contributed by atoms with Gasteiger partial charge in [-0.25, -0.2) is 4.79 Å². The Morgan fingerprint density at radius 2 is 1.63 bits per heavy atom. The van der Waals surface area contributed by atoms with Crippen molar-refractivity contribution >= 4 is 12.0 Å². The highest BCUT2D eigenvalue weighted by Crippen LogP contribution is 2.35. The van der Waals surface area contributed by atoms with Gasteiger partial charge in [0.1, 0.15) is 48.8 Å². The molecule has 0 radical (unpaired) electrons. The summed E-state index contributed by atoms with van der Waals surface area (Å²) in [6.45, 7) is 2.40. The molecule has 16 nitrogen and oxygen atoms in total. The molecule has 0 aromatic rings. The summed E-state index contributed by atoms with van der Waals surface area (Å²) in [5.41, 5.74) is 0. The van der Waals surface area contributed by atoms with Crippen molar-refractivity contribution < 1.29 is 68.6 Å². The Balaban J connectivity index is 1.90. The van der Waals surface area contributed by atoms with Crippen LogP contribution in [0, 0.1) is 5.92 Å². The molecule has 0 spiro atoms. The van der Waals surface area contributed by atoms with Gasteiger partial charge < -0.3 is 69.3 Å². The highest BCUT2D eigenvalue weighted by Gasteiger charge is 2.51. The van der Waals surface area contributed by atoms with Crippen LogP contribution in [0.1, 0.15) is 39.5 Å². The van der Waals surface area contributed by atoms with Gasteiger partial charge in [-0.05, 0) is 25.7 Å². The number of nitrogens with one attached hydrogen (secondary N) is 1. The molecule has 3 fully saturated rings. The smallest absolute Gasteiger partial charge is 0.407 e. The summed E-state index contributed by atoms with van der Waals surface area (Å²) in [4.78, 5) is 26.5. The van der Waals surface area contributed by atoms with Gasteiger partial charge in [0.05, 0.1) is 32.0 Å². The lowest BCUT2D eigenvalue weighted by Gasteiger charge is -2.48. The van der Waals surface area contributed by atoms with Gasteiger partial charge in [0.25, 0.3) is 5.91 Å². The lowest BCUT2D eigenvalue weighted by Crippen LogP contribution is -2.67. The number of hydrogen-bond donors (Lipinski definition) is 7. The van der Waals surface area contributed by atoms with Crippen LogP contribution in [-0.2, 0) is 33.2 Å². The Bertz CT molecular complexity index is 898. The van der Waals surface area contributed by atoms with Gasteiger partial charge in [0.15, 0.2) is 12.6 Å². The quantitative estimate of drug-likeness (QED) is 0.125. The monoisotopic (exact) mass is 624 g/mol. The summed E-state index contributed by atoms with van der Waals surface area (Å²) in [5, 5.41) is 64.1. The van der Waals surface area contributed by atoms with Crippen molar-refractivity contribution in [2.24, 2.45) is 5.92 Å². The zero-order valence-electron chi connectivity index (χ0n) is 25.2. The number of methoxy groups -OCH3 is 1. The van der Waals surface area contributed by atoms with Gasteiger partial charge in [-0.2, -0.15) is 0 Å². The van der Waals surface area contributed by atoms with Crippen molar-refractivity contribution in [1.29, 1.82) is 0 Å². The van der Waals surface area contributed by atoms with Crippen LogP contribution in [0.15, 0.2) is 0 Å². The van der Waals surface area contributed by atoms with Crippen molar-refractivity contribution in [3.63, 3.8) is 0 Å². The first-order valence-electron chi connectivity index (χ1n) is 14.6. The summed E-state index contributed by atoms with van der Waals surface area (Å²) in [6.07, 6.45) is -13.6. The average molecular weight is 625 g/mol.